The number of rotatable bonds is 5. The number of hydrogen-bond acceptors (Lipinski definition) is 4. The molecule has 0 aliphatic rings. The molecule has 0 spiro atoms. The van der Waals surface area contributed by atoms with Gasteiger partial charge >= 0.3 is 0 Å². The predicted octanol–water partition coefficient (Wildman–Crippen LogP) is 4.02. The van der Waals surface area contributed by atoms with Crippen LogP contribution in [0.25, 0.3) is 0 Å². The van der Waals surface area contributed by atoms with Crippen molar-refractivity contribution in [3.8, 4) is 0 Å². The first-order valence-electron chi connectivity index (χ1n) is 5.97. The van der Waals surface area contributed by atoms with Gasteiger partial charge in [0.25, 0.3) is 0 Å². The predicted molar refractivity (Wildman–Crippen MR) is 80.3 cm³/mol. The number of hydrogen-bond donors (Lipinski definition) is 1. The Morgan fingerprint density at radius 2 is 2.06 bits per heavy atom. The van der Waals surface area contributed by atoms with Gasteiger partial charge in [-0.3, -0.25) is 0 Å². The fourth-order valence-electron chi connectivity index (χ4n) is 1.76. The molecule has 0 saturated heterocycles. The van der Waals surface area contributed by atoms with Gasteiger partial charge in [0.2, 0.25) is 0 Å². The number of nitrogens with zero attached hydrogens (tertiary/aromatic N) is 1. The molecule has 0 saturated carbocycles. The second-order valence-corrected chi connectivity index (χ2v) is 6.18. The molecule has 0 aliphatic heterocycles. The minimum absolute atomic E-state index is 0.350. The van der Waals surface area contributed by atoms with Gasteiger partial charge in [-0.05, 0) is 37.8 Å². The third-order valence-electron chi connectivity index (χ3n) is 2.87. The molecule has 0 amide bonds. The van der Waals surface area contributed by atoms with Crippen molar-refractivity contribution in [1.82, 2.24) is 10.3 Å². The number of nitrogens with one attached hydrogen (secondary N) is 1. The van der Waals surface area contributed by atoms with E-state index in [9.17, 15) is 0 Å². The van der Waals surface area contributed by atoms with Crippen LogP contribution < -0.4 is 5.32 Å². The molecule has 1 N–H and O–H groups in total. The van der Waals surface area contributed by atoms with Gasteiger partial charge in [-0.2, -0.15) is 0 Å². The summed E-state index contributed by atoms with van der Waals surface area (Å²) in [6, 6.07) is 9.07. The molecule has 4 heteroatoms. The molecule has 1 aromatic carbocycles. The maximum absolute atomic E-state index is 4.46. The van der Waals surface area contributed by atoms with Crippen molar-refractivity contribution in [2.75, 3.05) is 6.26 Å². The Morgan fingerprint density at radius 1 is 1.33 bits per heavy atom. The number of aryl methyl sites for hydroxylation is 1. The van der Waals surface area contributed by atoms with Gasteiger partial charge in [0, 0.05) is 22.9 Å². The Balaban J connectivity index is 1.92. The maximum Gasteiger partial charge on any atom is 0.0897 e. The molecule has 0 bridgehead atoms. The number of thiazole rings is 1. The molecular weight excluding hydrogens is 260 g/mol. The van der Waals surface area contributed by atoms with Crippen LogP contribution in [0, 0.1) is 6.92 Å². The van der Waals surface area contributed by atoms with Crippen LogP contribution >= 0.6 is 23.1 Å². The first-order chi connectivity index (χ1) is 8.69. The zero-order chi connectivity index (χ0) is 13.0. The lowest BCUT2D eigenvalue weighted by Crippen LogP contribution is -2.18. The molecule has 18 heavy (non-hydrogen) atoms. The molecule has 2 nitrogen and oxygen atoms in total. The fourth-order valence-corrected chi connectivity index (χ4v) is 2.78. The standard InChI is InChI=1S/C14H18N2S2/c1-10(12-4-6-14(17-3)7-5-12)15-8-13-9-18-11(2)16-13/h4-7,9-10,15H,8H2,1-3H3. The Labute approximate surface area is 117 Å². The minimum Gasteiger partial charge on any atom is -0.305 e. The lowest BCUT2D eigenvalue weighted by Gasteiger charge is -2.13. The molecule has 1 atom stereocenters. The van der Waals surface area contributed by atoms with Gasteiger partial charge in [0.15, 0.2) is 0 Å². The Morgan fingerprint density at radius 3 is 2.61 bits per heavy atom. The van der Waals surface area contributed by atoms with Crippen LogP contribution in [0.5, 0.6) is 0 Å². The molecular formula is C14H18N2S2. The van der Waals surface area contributed by atoms with Crippen molar-refractivity contribution < 1.29 is 0 Å². The minimum atomic E-state index is 0.350. The molecule has 2 rings (SSSR count). The summed E-state index contributed by atoms with van der Waals surface area (Å²) in [5.74, 6) is 0. The van der Waals surface area contributed by atoms with E-state index >= 15 is 0 Å². The third kappa shape index (κ3) is 3.57. The average molecular weight is 278 g/mol. The quantitative estimate of drug-likeness (QED) is 0.836. The number of aromatic nitrogens is 1. The number of thioether (sulfide) groups is 1. The zero-order valence-electron chi connectivity index (χ0n) is 10.9. The highest BCUT2D eigenvalue weighted by Crippen LogP contribution is 2.19. The van der Waals surface area contributed by atoms with E-state index < -0.39 is 0 Å². The van der Waals surface area contributed by atoms with E-state index in [0.29, 0.717) is 6.04 Å². The van der Waals surface area contributed by atoms with Crippen LogP contribution in [0.4, 0.5) is 0 Å². The molecule has 0 fully saturated rings. The summed E-state index contributed by atoms with van der Waals surface area (Å²) in [7, 11) is 0. The van der Waals surface area contributed by atoms with Crippen LogP contribution in [0.2, 0.25) is 0 Å². The molecule has 1 heterocycles. The summed E-state index contributed by atoms with van der Waals surface area (Å²) < 4.78 is 0. The number of benzene rings is 1. The van der Waals surface area contributed by atoms with Crippen molar-refractivity contribution in [3.63, 3.8) is 0 Å². The monoisotopic (exact) mass is 278 g/mol. The molecule has 0 radical (unpaired) electrons. The highest BCUT2D eigenvalue weighted by Gasteiger charge is 2.06. The van der Waals surface area contributed by atoms with Crippen molar-refractivity contribution >= 4 is 23.1 Å². The van der Waals surface area contributed by atoms with E-state index in [4.69, 9.17) is 0 Å². The summed E-state index contributed by atoms with van der Waals surface area (Å²) in [6.07, 6.45) is 2.10. The van der Waals surface area contributed by atoms with Crippen LogP contribution in [0.1, 0.15) is 29.2 Å². The van der Waals surface area contributed by atoms with Gasteiger partial charge in [-0.1, -0.05) is 12.1 Å². The second kappa shape index (κ2) is 6.36. The molecule has 0 aliphatic carbocycles. The average Bonchev–Trinajstić information content (AvgIpc) is 2.82. The van der Waals surface area contributed by atoms with E-state index in [1.807, 2.05) is 6.92 Å². The summed E-state index contributed by atoms with van der Waals surface area (Å²) >= 11 is 3.48. The lowest BCUT2D eigenvalue weighted by molar-refractivity contribution is 0.568. The van der Waals surface area contributed by atoms with E-state index in [0.717, 1.165) is 17.2 Å². The normalized spacial score (nSPS) is 12.6. The van der Waals surface area contributed by atoms with Crippen molar-refractivity contribution in [2.45, 2.75) is 31.3 Å². The first kappa shape index (κ1) is 13.6. The lowest BCUT2D eigenvalue weighted by atomic mass is 10.1. The van der Waals surface area contributed by atoms with Crippen LogP contribution in [-0.2, 0) is 6.54 Å². The maximum atomic E-state index is 4.46. The SMILES string of the molecule is CSc1ccc(C(C)NCc2csc(C)n2)cc1. The highest BCUT2D eigenvalue weighted by atomic mass is 32.2. The van der Waals surface area contributed by atoms with Crippen LogP contribution in [0.3, 0.4) is 0 Å². The fraction of sp³-hybridized carbons (Fsp3) is 0.357. The molecule has 1 aromatic heterocycles. The van der Waals surface area contributed by atoms with Crippen LogP contribution in [-0.4, -0.2) is 11.2 Å². The zero-order valence-corrected chi connectivity index (χ0v) is 12.6. The third-order valence-corrected chi connectivity index (χ3v) is 4.44. The molecule has 1 unspecified atom stereocenters. The summed E-state index contributed by atoms with van der Waals surface area (Å²) in [5, 5.41) is 6.75. The van der Waals surface area contributed by atoms with Gasteiger partial charge in [0.05, 0.1) is 10.7 Å². The Hall–Kier alpha value is -0.840. The summed E-state index contributed by atoms with van der Waals surface area (Å²) in [5.41, 5.74) is 2.45. The summed E-state index contributed by atoms with van der Waals surface area (Å²) in [4.78, 5) is 5.76. The summed E-state index contributed by atoms with van der Waals surface area (Å²) in [6.45, 7) is 5.06. The van der Waals surface area contributed by atoms with E-state index in [1.165, 1.54) is 10.5 Å². The van der Waals surface area contributed by atoms with Crippen LogP contribution in [0.15, 0.2) is 34.5 Å². The Kier molecular flexibility index (Phi) is 4.80. The van der Waals surface area contributed by atoms with E-state index in [2.05, 4.69) is 53.1 Å². The topological polar surface area (TPSA) is 24.9 Å². The van der Waals surface area contributed by atoms with Gasteiger partial charge < -0.3 is 5.32 Å². The van der Waals surface area contributed by atoms with E-state index in [1.54, 1.807) is 23.1 Å². The molecule has 96 valence electrons. The largest absolute Gasteiger partial charge is 0.305 e. The van der Waals surface area contributed by atoms with Crippen molar-refractivity contribution in [2.24, 2.45) is 0 Å². The first-order valence-corrected chi connectivity index (χ1v) is 8.08. The highest BCUT2D eigenvalue weighted by molar-refractivity contribution is 7.98. The van der Waals surface area contributed by atoms with E-state index in [-0.39, 0.29) is 0 Å². The van der Waals surface area contributed by atoms with Crippen molar-refractivity contribution in [3.05, 3.63) is 45.9 Å². The second-order valence-electron chi connectivity index (χ2n) is 4.23. The molecule has 2 aromatic rings. The van der Waals surface area contributed by atoms with Crippen molar-refractivity contribution in [1.29, 1.82) is 0 Å². The van der Waals surface area contributed by atoms with Gasteiger partial charge in [-0.15, -0.1) is 23.1 Å². The van der Waals surface area contributed by atoms with Gasteiger partial charge in [-0.25, -0.2) is 4.98 Å². The van der Waals surface area contributed by atoms with Gasteiger partial charge in [0.1, 0.15) is 0 Å². The Bertz CT molecular complexity index is 491. The smallest absolute Gasteiger partial charge is 0.0897 e.